The van der Waals surface area contributed by atoms with Crippen LogP contribution in [-0.2, 0) is 10.0 Å². The monoisotopic (exact) mass is 336 g/mol. The molecule has 0 aromatic heterocycles. The highest BCUT2D eigenvalue weighted by Crippen LogP contribution is 2.25. The SMILES string of the molecule is CC(N(CCCO)CCN(C(C)(C)C)S(C)(=O)=O)C(C)(C)C. The fourth-order valence-electron chi connectivity index (χ4n) is 2.54. The van der Waals surface area contributed by atoms with E-state index in [2.05, 4.69) is 32.6 Å². The third-order valence-electron chi connectivity index (χ3n) is 4.14. The van der Waals surface area contributed by atoms with Crippen LogP contribution >= 0.6 is 0 Å². The largest absolute Gasteiger partial charge is 0.396 e. The molecule has 1 atom stereocenters. The Hall–Kier alpha value is -0.170. The Balaban J connectivity index is 5.08. The number of aliphatic hydroxyl groups excluding tert-OH is 1. The number of hydrogen-bond donors (Lipinski definition) is 1. The van der Waals surface area contributed by atoms with Gasteiger partial charge in [-0.2, -0.15) is 4.31 Å². The molecular formula is C16H36N2O3S. The molecule has 5 nitrogen and oxygen atoms in total. The van der Waals surface area contributed by atoms with Gasteiger partial charge in [0.25, 0.3) is 0 Å². The average Bonchev–Trinajstić information content (AvgIpc) is 2.28. The summed E-state index contributed by atoms with van der Waals surface area (Å²) in [6.45, 7) is 16.5. The van der Waals surface area contributed by atoms with Crippen molar-refractivity contribution in [2.24, 2.45) is 5.41 Å². The van der Waals surface area contributed by atoms with Crippen molar-refractivity contribution in [1.29, 1.82) is 0 Å². The number of hydrogen-bond acceptors (Lipinski definition) is 4. The van der Waals surface area contributed by atoms with E-state index >= 15 is 0 Å². The minimum atomic E-state index is -3.24. The van der Waals surface area contributed by atoms with E-state index in [1.165, 1.54) is 6.26 Å². The van der Waals surface area contributed by atoms with Crippen LogP contribution in [0.25, 0.3) is 0 Å². The summed E-state index contributed by atoms with van der Waals surface area (Å²) in [6.07, 6.45) is 1.97. The standard InChI is InChI=1S/C16H36N2O3S/c1-14(15(2,3)4)17(10-9-13-19)11-12-18(16(5,6)7)22(8,20)21/h14,19H,9-13H2,1-8H3. The van der Waals surface area contributed by atoms with E-state index in [1.54, 1.807) is 4.31 Å². The van der Waals surface area contributed by atoms with Crippen LogP contribution in [-0.4, -0.2) is 66.8 Å². The molecule has 0 fully saturated rings. The fourth-order valence-corrected chi connectivity index (χ4v) is 3.95. The molecule has 0 bridgehead atoms. The van der Waals surface area contributed by atoms with Gasteiger partial charge < -0.3 is 5.11 Å². The van der Waals surface area contributed by atoms with Gasteiger partial charge in [-0.3, -0.25) is 4.90 Å². The third-order valence-corrected chi connectivity index (χ3v) is 5.67. The van der Waals surface area contributed by atoms with Crippen LogP contribution in [0.4, 0.5) is 0 Å². The van der Waals surface area contributed by atoms with E-state index in [1.807, 2.05) is 20.8 Å². The maximum atomic E-state index is 12.0. The van der Waals surface area contributed by atoms with Crippen LogP contribution in [0.1, 0.15) is 54.9 Å². The second-order valence-corrected chi connectivity index (χ2v) is 10.1. The van der Waals surface area contributed by atoms with Gasteiger partial charge in [0, 0.05) is 37.8 Å². The molecule has 1 N–H and O–H groups in total. The normalized spacial score (nSPS) is 15.6. The molecule has 0 amide bonds. The van der Waals surface area contributed by atoms with E-state index in [4.69, 9.17) is 5.11 Å². The summed E-state index contributed by atoms with van der Waals surface area (Å²) in [5.41, 5.74) is -0.325. The second kappa shape index (κ2) is 8.08. The summed E-state index contributed by atoms with van der Waals surface area (Å²) >= 11 is 0. The molecule has 0 aliphatic rings. The van der Waals surface area contributed by atoms with E-state index in [0.29, 0.717) is 25.6 Å². The molecule has 0 rings (SSSR count). The first-order valence-electron chi connectivity index (χ1n) is 8.04. The fraction of sp³-hybridized carbons (Fsp3) is 1.00. The Morgan fingerprint density at radius 1 is 1.00 bits per heavy atom. The van der Waals surface area contributed by atoms with E-state index in [-0.39, 0.29) is 12.0 Å². The molecule has 134 valence electrons. The maximum Gasteiger partial charge on any atom is 0.211 e. The highest BCUT2D eigenvalue weighted by atomic mass is 32.2. The van der Waals surface area contributed by atoms with E-state index in [9.17, 15) is 8.42 Å². The van der Waals surface area contributed by atoms with E-state index in [0.717, 1.165) is 6.54 Å². The zero-order chi connectivity index (χ0) is 17.8. The first kappa shape index (κ1) is 21.8. The van der Waals surface area contributed by atoms with Crippen molar-refractivity contribution < 1.29 is 13.5 Å². The quantitative estimate of drug-likeness (QED) is 0.738. The summed E-state index contributed by atoms with van der Waals surface area (Å²) in [5.74, 6) is 0. The van der Waals surface area contributed by atoms with E-state index < -0.39 is 15.6 Å². The van der Waals surface area contributed by atoms with Gasteiger partial charge in [-0.15, -0.1) is 0 Å². The zero-order valence-electron chi connectivity index (χ0n) is 15.7. The molecular weight excluding hydrogens is 300 g/mol. The van der Waals surface area contributed by atoms with Gasteiger partial charge in [-0.1, -0.05) is 20.8 Å². The van der Waals surface area contributed by atoms with Gasteiger partial charge in [0.15, 0.2) is 0 Å². The van der Waals surface area contributed by atoms with Crippen molar-refractivity contribution in [3.63, 3.8) is 0 Å². The van der Waals surface area contributed by atoms with Crippen LogP contribution in [0.2, 0.25) is 0 Å². The number of aliphatic hydroxyl groups is 1. The number of sulfonamides is 1. The summed E-state index contributed by atoms with van der Waals surface area (Å²) in [7, 11) is -3.24. The lowest BCUT2D eigenvalue weighted by molar-refractivity contribution is 0.0915. The van der Waals surface area contributed by atoms with Gasteiger partial charge in [-0.05, 0) is 39.5 Å². The molecule has 0 aromatic rings. The maximum absolute atomic E-state index is 12.0. The predicted octanol–water partition coefficient (Wildman–Crippen LogP) is 2.17. The lowest BCUT2D eigenvalue weighted by Crippen LogP contribution is -2.51. The van der Waals surface area contributed by atoms with Crippen LogP contribution in [0.3, 0.4) is 0 Å². The summed E-state index contributed by atoms with van der Waals surface area (Å²) in [4.78, 5) is 2.28. The topological polar surface area (TPSA) is 60.9 Å². The van der Waals surface area contributed by atoms with Crippen molar-refractivity contribution in [2.75, 3.05) is 32.5 Å². The van der Waals surface area contributed by atoms with Crippen LogP contribution in [0.15, 0.2) is 0 Å². The third kappa shape index (κ3) is 7.40. The Morgan fingerprint density at radius 3 is 1.82 bits per heavy atom. The zero-order valence-corrected chi connectivity index (χ0v) is 16.5. The summed E-state index contributed by atoms with van der Waals surface area (Å²) in [6, 6.07) is 0.306. The summed E-state index contributed by atoms with van der Waals surface area (Å²) < 4.78 is 25.6. The summed E-state index contributed by atoms with van der Waals surface area (Å²) in [5, 5.41) is 9.10. The average molecular weight is 337 g/mol. The first-order chi connectivity index (χ1) is 9.71. The highest BCUT2D eigenvalue weighted by molar-refractivity contribution is 7.88. The molecule has 0 spiro atoms. The van der Waals surface area contributed by atoms with Crippen LogP contribution in [0, 0.1) is 5.41 Å². The van der Waals surface area contributed by atoms with Crippen molar-refractivity contribution in [3.8, 4) is 0 Å². The molecule has 0 saturated carbocycles. The van der Waals surface area contributed by atoms with Gasteiger partial charge in [0.1, 0.15) is 0 Å². The number of rotatable bonds is 8. The molecule has 22 heavy (non-hydrogen) atoms. The lowest BCUT2D eigenvalue weighted by Gasteiger charge is -2.40. The van der Waals surface area contributed by atoms with Gasteiger partial charge in [-0.25, -0.2) is 8.42 Å². The van der Waals surface area contributed by atoms with Gasteiger partial charge >= 0.3 is 0 Å². The molecule has 0 heterocycles. The molecule has 0 radical (unpaired) electrons. The minimum Gasteiger partial charge on any atom is -0.396 e. The number of nitrogens with zero attached hydrogens (tertiary/aromatic N) is 2. The Kier molecular flexibility index (Phi) is 8.02. The minimum absolute atomic E-state index is 0.104. The van der Waals surface area contributed by atoms with Crippen molar-refractivity contribution in [3.05, 3.63) is 0 Å². The van der Waals surface area contributed by atoms with Crippen molar-refractivity contribution in [2.45, 2.75) is 66.5 Å². The molecule has 6 heteroatoms. The first-order valence-corrected chi connectivity index (χ1v) is 9.89. The molecule has 0 aliphatic heterocycles. The molecule has 0 saturated heterocycles. The lowest BCUT2D eigenvalue weighted by atomic mass is 9.87. The van der Waals surface area contributed by atoms with Crippen LogP contribution < -0.4 is 0 Å². The molecule has 0 aliphatic carbocycles. The Bertz CT molecular complexity index is 422. The smallest absolute Gasteiger partial charge is 0.211 e. The Labute approximate surface area is 137 Å². The molecule has 0 aromatic carbocycles. The second-order valence-electron chi connectivity index (χ2n) is 8.16. The predicted molar refractivity (Wildman–Crippen MR) is 93.5 cm³/mol. The van der Waals surface area contributed by atoms with Crippen molar-refractivity contribution >= 4 is 10.0 Å². The molecule has 1 unspecified atom stereocenters. The van der Waals surface area contributed by atoms with Crippen LogP contribution in [0.5, 0.6) is 0 Å². The van der Waals surface area contributed by atoms with Crippen molar-refractivity contribution in [1.82, 2.24) is 9.21 Å². The highest BCUT2D eigenvalue weighted by Gasteiger charge is 2.31. The van der Waals surface area contributed by atoms with Gasteiger partial charge in [0.05, 0.1) is 6.26 Å². The van der Waals surface area contributed by atoms with Gasteiger partial charge in [0.2, 0.25) is 10.0 Å². The Morgan fingerprint density at radius 2 is 1.50 bits per heavy atom.